The van der Waals surface area contributed by atoms with Gasteiger partial charge < -0.3 is 10.1 Å². The highest BCUT2D eigenvalue weighted by Crippen LogP contribution is 2.22. The molecule has 4 rings (SSSR count). The van der Waals surface area contributed by atoms with Gasteiger partial charge in [-0.1, -0.05) is 13.8 Å². The van der Waals surface area contributed by atoms with Crippen LogP contribution in [0.1, 0.15) is 38.3 Å². The van der Waals surface area contributed by atoms with Crippen molar-refractivity contribution in [2.75, 3.05) is 18.5 Å². The van der Waals surface area contributed by atoms with Gasteiger partial charge in [-0.05, 0) is 30.9 Å². The smallest absolute Gasteiger partial charge is 0.254 e. The molecule has 1 aliphatic rings. The van der Waals surface area contributed by atoms with Gasteiger partial charge in [-0.3, -0.25) is 4.98 Å². The summed E-state index contributed by atoms with van der Waals surface area (Å²) >= 11 is 0. The fourth-order valence-corrected chi connectivity index (χ4v) is 2.95. The highest BCUT2D eigenvalue weighted by Gasteiger charge is 2.18. The molecule has 0 aromatic carbocycles. The maximum atomic E-state index is 5.71. The number of hydrogen-bond donors (Lipinski definition) is 1. The lowest BCUT2D eigenvalue weighted by Crippen LogP contribution is -2.20. The van der Waals surface area contributed by atoms with Gasteiger partial charge in [0.15, 0.2) is 5.82 Å². The molecule has 0 radical (unpaired) electrons. The number of fused-ring (bicyclic) bond motifs is 1. The minimum Gasteiger partial charge on any atom is -0.376 e. The molecule has 0 saturated carbocycles. The Balaban J connectivity index is 1.71. The Morgan fingerprint density at radius 1 is 1.36 bits per heavy atom. The van der Waals surface area contributed by atoms with Gasteiger partial charge in [-0.15, -0.1) is 5.10 Å². The lowest BCUT2D eigenvalue weighted by molar-refractivity contribution is 0.120. The number of ether oxygens (including phenoxy) is 1. The average Bonchev–Trinajstić information content (AvgIpc) is 3.29. The van der Waals surface area contributed by atoms with Crippen molar-refractivity contribution < 1.29 is 4.74 Å². The molecule has 1 atom stereocenters. The molecule has 1 aliphatic heterocycles. The van der Waals surface area contributed by atoms with Gasteiger partial charge in [0, 0.05) is 37.2 Å². The van der Waals surface area contributed by atoms with Crippen LogP contribution in [0, 0.1) is 0 Å². The summed E-state index contributed by atoms with van der Waals surface area (Å²) in [6, 6.07) is 5.88. The van der Waals surface area contributed by atoms with Crippen LogP contribution in [0.2, 0.25) is 0 Å². The molecule has 3 aromatic heterocycles. The van der Waals surface area contributed by atoms with Crippen LogP contribution in [0.4, 0.5) is 5.82 Å². The largest absolute Gasteiger partial charge is 0.376 e. The Morgan fingerprint density at radius 2 is 2.28 bits per heavy atom. The molecule has 25 heavy (non-hydrogen) atoms. The van der Waals surface area contributed by atoms with Crippen molar-refractivity contribution in [3.05, 3.63) is 36.3 Å². The Morgan fingerprint density at radius 3 is 3.00 bits per heavy atom. The monoisotopic (exact) mass is 338 g/mol. The minimum atomic E-state index is 0.257. The van der Waals surface area contributed by atoms with Crippen molar-refractivity contribution in [3.63, 3.8) is 0 Å². The van der Waals surface area contributed by atoms with Crippen LogP contribution in [-0.4, -0.2) is 43.8 Å². The number of hydrogen-bond acceptors (Lipinski definition) is 6. The molecule has 7 nitrogen and oxygen atoms in total. The molecule has 0 bridgehead atoms. The van der Waals surface area contributed by atoms with Gasteiger partial charge in [0.1, 0.15) is 5.82 Å². The molecular weight excluding hydrogens is 316 g/mol. The lowest BCUT2D eigenvalue weighted by Gasteiger charge is -2.14. The highest BCUT2D eigenvalue weighted by molar-refractivity contribution is 5.57. The normalized spacial score (nSPS) is 17.5. The molecule has 3 aromatic rings. The number of pyridine rings is 1. The number of rotatable bonds is 5. The second-order valence-corrected chi connectivity index (χ2v) is 6.63. The zero-order valence-corrected chi connectivity index (χ0v) is 14.5. The first-order valence-electron chi connectivity index (χ1n) is 8.74. The van der Waals surface area contributed by atoms with Crippen LogP contribution in [-0.2, 0) is 4.74 Å². The van der Waals surface area contributed by atoms with E-state index < -0.39 is 0 Å². The van der Waals surface area contributed by atoms with E-state index in [9.17, 15) is 0 Å². The molecule has 1 fully saturated rings. The predicted molar refractivity (Wildman–Crippen MR) is 95.6 cm³/mol. The maximum absolute atomic E-state index is 5.71. The third-order valence-electron chi connectivity index (χ3n) is 4.38. The van der Waals surface area contributed by atoms with Gasteiger partial charge in [0.25, 0.3) is 5.78 Å². The van der Waals surface area contributed by atoms with Crippen LogP contribution in [0.5, 0.6) is 0 Å². The van der Waals surface area contributed by atoms with E-state index >= 15 is 0 Å². The summed E-state index contributed by atoms with van der Waals surface area (Å²) in [7, 11) is 0. The molecule has 130 valence electrons. The summed E-state index contributed by atoms with van der Waals surface area (Å²) in [5.74, 6) is 2.43. The quantitative estimate of drug-likeness (QED) is 0.771. The predicted octanol–water partition coefficient (Wildman–Crippen LogP) is 2.90. The zero-order valence-electron chi connectivity index (χ0n) is 14.5. The van der Waals surface area contributed by atoms with Crippen molar-refractivity contribution in [2.45, 2.75) is 38.7 Å². The summed E-state index contributed by atoms with van der Waals surface area (Å²) in [5, 5.41) is 8.10. The first-order valence-corrected chi connectivity index (χ1v) is 8.74. The third kappa shape index (κ3) is 3.32. The minimum absolute atomic E-state index is 0.257. The number of anilines is 1. The first-order chi connectivity index (χ1) is 12.2. The van der Waals surface area contributed by atoms with E-state index in [1.165, 1.54) is 0 Å². The molecule has 0 amide bonds. The second-order valence-electron chi connectivity index (χ2n) is 6.63. The third-order valence-corrected chi connectivity index (χ3v) is 4.38. The SMILES string of the molecule is CC(C)c1cc(NC[C@@H]2CCCO2)n2nc(-c3cccnc3)nc2n1. The Bertz CT molecular complexity index is 855. The number of nitrogens with zero attached hydrogens (tertiary/aromatic N) is 5. The second kappa shape index (κ2) is 6.76. The summed E-state index contributed by atoms with van der Waals surface area (Å²) < 4.78 is 7.47. The standard InChI is InChI=1S/C18H22N6O/c1-12(2)15-9-16(20-11-14-6-4-8-25-14)24-18(21-15)22-17(23-24)13-5-3-7-19-10-13/h3,5,7,9-10,12,14,20H,4,6,8,11H2,1-2H3/t14-/m0/s1. The van der Waals surface area contributed by atoms with E-state index in [2.05, 4.69) is 39.2 Å². The van der Waals surface area contributed by atoms with Crippen molar-refractivity contribution in [3.8, 4) is 11.4 Å². The Labute approximate surface area is 146 Å². The molecule has 0 unspecified atom stereocenters. The fourth-order valence-electron chi connectivity index (χ4n) is 2.95. The van der Waals surface area contributed by atoms with E-state index in [-0.39, 0.29) is 6.10 Å². The summed E-state index contributed by atoms with van der Waals surface area (Å²) in [6.07, 6.45) is 5.98. The van der Waals surface area contributed by atoms with Gasteiger partial charge in [-0.25, -0.2) is 4.98 Å². The molecule has 1 N–H and O–H groups in total. The average molecular weight is 338 g/mol. The number of nitrogens with one attached hydrogen (secondary N) is 1. The van der Waals surface area contributed by atoms with Crippen molar-refractivity contribution in [1.29, 1.82) is 0 Å². The molecule has 1 saturated heterocycles. The van der Waals surface area contributed by atoms with Crippen molar-refractivity contribution in [2.24, 2.45) is 0 Å². The van der Waals surface area contributed by atoms with Gasteiger partial charge >= 0.3 is 0 Å². The van der Waals surface area contributed by atoms with Crippen LogP contribution in [0.25, 0.3) is 17.2 Å². The van der Waals surface area contributed by atoms with E-state index in [1.807, 2.05) is 18.2 Å². The van der Waals surface area contributed by atoms with Gasteiger partial charge in [0.05, 0.1) is 11.8 Å². The van der Waals surface area contributed by atoms with Crippen molar-refractivity contribution in [1.82, 2.24) is 24.6 Å². The lowest BCUT2D eigenvalue weighted by atomic mass is 10.1. The maximum Gasteiger partial charge on any atom is 0.254 e. The Kier molecular flexibility index (Phi) is 4.31. The summed E-state index contributed by atoms with van der Waals surface area (Å²) in [4.78, 5) is 13.4. The zero-order chi connectivity index (χ0) is 17.2. The van der Waals surface area contributed by atoms with Crippen LogP contribution >= 0.6 is 0 Å². The summed E-state index contributed by atoms with van der Waals surface area (Å²) in [6.45, 7) is 5.87. The van der Waals surface area contributed by atoms with E-state index in [0.29, 0.717) is 17.5 Å². The molecular formula is C18H22N6O. The molecule has 0 aliphatic carbocycles. The fraction of sp³-hybridized carbons (Fsp3) is 0.444. The van der Waals surface area contributed by atoms with Crippen LogP contribution < -0.4 is 5.32 Å². The van der Waals surface area contributed by atoms with E-state index in [4.69, 9.17) is 4.74 Å². The van der Waals surface area contributed by atoms with Gasteiger partial charge in [-0.2, -0.15) is 9.50 Å². The first kappa shape index (κ1) is 16.0. The van der Waals surface area contributed by atoms with Crippen LogP contribution in [0.15, 0.2) is 30.6 Å². The van der Waals surface area contributed by atoms with Crippen LogP contribution in [0.3, 0.4) is 0 Å². The highest BCUT2D eigenvalue weighted by atomic mass is 16.5. The molecule has 4 heterocycles. The van der Waals surface area contributed by atoms with Gasteiger partial charge in [0.2, 0.25) is 0 Å². The molecule has 7 heteroatoms. The number of aromatic nitrogens is 5. The Hall–Kier alpha value is -2.54. The summed E-state index contributed by atoms with van der Waals surface area (Å²) in [5.41, 5.74) is 1.87. The van der Waals surface area contributed by atoms with E-state index in [0.717, 1.165) is 43.1 Å². The molecule has 0 spiro atoms. The van der Waals surface area contributed by atoms with Crippen molar-refractivity contribution >= 4 is 11.6 Å². The topological polar surface area (TPSA) is 77.2 Å². The van der Waals surface area contributed by atoms with E-state index in [1.54, 1.807) is 16.9 Å².